The molecule has 0 heterocycles. The minimum absolute atomic E-state index is 0.634. The largest absolute Gasteiger partial charge is 0.298 e. The number of allylic oxidation sites excluding steroid dienone is 2. The number of carbonyl (C=O) groups is 1. The fourth-order valence-electron chi connectivity index (χ4n) is 1.02. The van der Waals surface area contributed by atoms with E-state index >= 15 is 0 Å². The van der Waals surface area contributed by atoms with Crippen molar-refractivity contribution in [3.05, 3.63) is 11.6 Å². The van der Waals surface area contributed by atoms with Crippen LogP contribution < -0.4 is 0 Å². The zero-order valence-corrected chi connectivity index (χ0v) is 5.05. The molecule has 0 N–H and O–H groups in total. The van der Waals surface area contributed by atoms with Crippen LogP contribution in [0.25, 0.3) is 0 Å². The Morgan fingerprint density at radius 3 is 2.88 bits per heavy atom. The monoisotopic (exact) mass is 110 g/mol. The van der Waals surface area contributed by atoms with E-state index in [1.54, 1.807) is 0 Å². The summed E-state index contributed by atoms with van der Waals surface area (Å²) < 4.78 is 0. The van der Waals surface area contributed by atoms with Gasteiger partial charge in [-0.3, -0.25) is 4.79 Å². The Morgan fingerprint density at radius 1 is 1.88 bits per heavy atom. The molecule has 0 saturated heterocycles. The molecule has 0 aromatic rings. The van der Waals surface area contributed by atoms with Crippen LogP contribution in [0.5, 0.6) is 0 Å². The van der Waals surface area contributed by atoms with Gasteiger partial charge in [0.25, 0.3) is 0 Å². The molecule has 0 spiro atoms. The molecule has 0 bridgehead atoms. The van der Waals surface area contributed by atoms with E-state index in [0.717, 1.165) is 24.7 Å². The summed E-state index contributed by atoms with van der Waals surface area (Å²) in [4.78, 5) is 10.1. The third kappa shape index (κ3) is 0.971. The first kappa shape index (κ1) is 5.54. The van der Waals surface area contributed by atoms with Crippen molar-refractivity contribution in [2.24, 2.45) is 5.92 Å². The third-order valence-corrected chi connectivity index (χ3v) is 1.54. The molecular weight excluding hydrogens is 100 g/mol. The van der Waals surface area contributed by atoms with Crippen LogP contribution in [-0.4, -0.2) is 6.29 Å². The van der Waals surface area contributed by atoms with Crippen molar-refractivity contribution in [3.8, 4) is 0 Å². The summed E-state index contributed by atoms with van der Waals surface area (Å²) in [5, 5.41) is 0. The summed E-state index contributed by atoms with van der Waals surface area (Å²) in [6, 6.07) is 0. The lowest BCUT2D eigenvalue weighted by molar-refractivity contribution is -0.105. The highest BCUT2D eigenvalue weighted by atomic mass is 16.1. The topological polar surface area (TPSA) is 17.1 Å². The molecule has 0 radical (unpaired) electrons. The fourth-order valence-corrected chi connectivity index (χ4v) is 1.02. The van der Waals surface area contributed by atoms with E-state index < -0.39 is 0 Å². The molecule has 0 amide bonds. The van der Waals surface area contributed by atoms with Crippen LogP contribution in [0, 0.1) is 5.92 Å². The predicted molar refractivity (Wildman–Crippen MR) is 32.5 cm³/mol. The van der Waals surface area contributed by atoms with Gasteiger partial charge in [-0.15, -0.1) is 0 Å². The second kappa shape index (κ2) is 2.12. The van der Waals surface area contributed by atoms with Crippen molar-refractivity contribution in [2.75, 3.05) is 0 Å². The van der Waals surface area contributed by atoms with Crippen LogP contribution in [0.1, 0.15) is 19.8 Å². The number of hydrogen-bond donors (Lipinski definition) is 0. The van der Waals surface area contributed by atoms with Crippen LogP contribution in [0.2, 0.25) is 0 Å². The van der Waals surface area contributed by atoms with Gasteiger partial charge < -0.3 is 0 Å². The molecule has 1 heteroatoms. The van der Waals surface area contributed by atoms with Crippen LogP contribution in [0.4, 0.5) is 0 Å². The van der Waals surface area contributed by atoms with E-state index in [-0.39, 0.29) is 0 Å². The van der Waals surface area contributed by atoms with Gasteiger partial charge in [-0.05, 0) is 24.3 Å². The number of aldehydes is 1. The molecule has 1 nitrogen and oxygen atoms in total. The fraction of sp³-hybridized carbons (Fsp3) is 0.571. The Bertz CT molecular complexity index is 124. The molecule has 0 aromatic heterocycles. The zero-order valence-electron chi connectivity index (χ0n) is 5.05. The van der Waals surface area contributed by atoms with Crippen molar-refractivity contribution in [3.63, 3.8) is 0 Å². The molecule has 1 aliphatic rings. The summed E-state index contributed by atoms with van der Waals surface area (Å²) in [7, 11) is 0. The predicted octanol–water partition coefficient (Wildman–Crippen LogP) is 1.54. The molecule has 8 heavy (non-hydrogen) atoms. The number of carbonyl (C=O) groups excluding carboxylic acids is 1. The van der Waals surface area contributed by atoms with Gasteiger partial charge in [0.2, 0.25) is 0 Å². The average Bonchev–Trinajstić information content (AvgIpc) is 2.14. The summed E-state index contributed by atoms with van der Waals surface area (Å²) in [6.45, 7) is 2.14. The Hall–Kier alpha value is -0.590. The van der Waals surface area contributed by atoms with Gasteiger partial charge in [-0.1, -0.05) is 13.0 Å². The normalized spacial score (nSPS) is 27.6. The SMILES string of the molecule is CC1C=C(C=O)CC1. The van der Waals surface area contributed by atoms with Crippen LogP contribution >= 0.6 is 0 Å². The van der Waals surface area contributed by atoms with Gasteiger partial charge in [-0.2, -0.15) is 0 Å². The van der Waals surface area contributed by atoms with Gasteiger partial charge in [0.15, 0.2) is 0 Å². The minimum Gasteiger partial charge on any atom is -0.298 e. The van der Waals surface area contributed by atoms with Gasteiger partial charge in [0, 0.05) is 0 Å². The van der Waals surface area contributed by atoms with Crippen molar-refractivity contribution >= 4 is 6.29 Å². The van der Waals surface area contributed by atoms with Crippen molar-refractivity contribution in [1.29, 1.82) is 0 Å². The van der Waals surface area contributed by atoms with E-state index in [9.17, 15) is 4.79 Å². The maximum absolute atomic E-state index is 10.1. The maximum Gasteiger partial charge on any atom is 0.145 e. The quantitative estimate of drug-likeness (QED) is 0.468. The lowest BCUT2D eigenvalue weighted by atomic mass is 10.2. The molecule has 1 rings (SSSR count). The minimum atomic E-state index is 0.634. The second-order valence-corrected chi connectivity index (χ2v) is 2.38. The molecule has 44 valence electrons. The van der Waals surface area contributed by atoms with E-state index in [1.807, 2.05) is 6.08 Å². The van der Waals surface area contributed by atoms with E-state index in [2.05, 4.69) is 6.92 Å². The first-order valence-corrected chi connectivity index (χ1v) is 2.99. The van der Waals surface area contributed by atoms with Gasteiger partial charge in [0.1, 0.15) is 6.29 Å². The Labute approximate surface area is 49.4 Å². The van der Waals surface area contributed by atoms with Crippen LogP contribution in [-0.2, 0) is 4.79 Å². The van der Waals surface area contributed by atoms with Crippen molar-refractivity contribution < 1.29 is 4.79 Å². The molecule has 1 aliphatic carbocycles. The zero-order chi connectivity index (χ0) is 5.98. The summed E-state index contributed by atoms with van der Waals surface area (Å²) in [5.74, 6) is 0.634. The average molecular weight is 110 g/mol. The maximum atomic E-state index is 10.1. The van der Waals surface area contributed by atoms with Crippen molar-refractivity contribution in [1.82, 2.24) is 0 Å². The summed E-state index contributed by atoms with van der Waals surface area (Å²) >= 11 is 0. The molecule has 0 aromatic carbocycles. The number of rotatable bonds is 1. The molecule has 0 saturated carbocycles. The number of hydrogen-bond acceptors (Lipinski definition) is 1. The smallest absolute Gasteiger partial charge is 0.145 e. The lowest BCUT2D eigenvalue weighted by Gasteiger charge is -1.89. The second-order valence-electron chi connectivity index (χ2n) is 2.38. The molecule has 0 fully saturated rings. The highest BCUT2D eigenvalue weighted by Gasteiger charge is 2.08. The van der Waals surface area contributed by atoms with Crippen LogP contribution in [0.15, 0.2) is 11.6 Å². The molecular formula is C7H10O. The summed E-state index contributed by atoms with van der Waals surface area (Å²) in [6.07, 6.45) is 5.16. The first-order valence-electron chi connectivity index (χ1n) is 2.99. The van der Waals surface area contributed by atoms with E-state index in [4.69, 9.17) is 0 Å². The highest BCUT2D eigenvalue weighted by Crippen LogP contribution is 2.21. The van der Waals surface area contributed by atoms with Gasteiger partial charge >= 0.3 is 0 Å². The van der Waals surface area contributed by atoms with Crippen LogP contribution in [0.3, 0.4) is 0 Å². The highest BCUT2D eigenvalue weighted by molar-refractivity contribution is 5.73. The standard InChI is InChI=1S/C7H10O/c1-6-2-3-7(4-6)5-8/h4-6H,2-3H2,1H3. The molecule has 0 aliphatic heterocycles. The van der Waals surface area contributed by atoms with Gasteiger partial charge in [0.05, 0.1) is 0 Å². The van der Waals surface area contributed by atoms with E-state index in [1.165, 1.54) is 0 Å². The van der Waals surface area contributed by atoms with Gasteiger partial charge in [-0.25, -0.2) is 0 Å². The summed E-state index contributed by atoms with van der Waals surface area (Å²) in [5.41, 5.74) is 0.984. The molecule has 1 atom stereocenters. The first-order chi connectivity index (χ1) is 3.83. The molecule has 1 unspecified atom stereocenters. The Balaban J connectivity index is 2.56. The van der Waals surface area contributed by atoms with Crippen molar-refractivity contribution in [2.45, 2.75) is 19.8 Å². The van der Waals surface area contributed by atoms with E-state index in [0.29, 0.717) is 5.92 Å². The lowest BCUT2D eigenvalue weighted by Crippen LogP contribution is -1.77. The third-order valence-electron chi connectivity index (χ3n) is 1.54. The Kier molecular flexibility index (Phi) is 1.47. The Morgan fingerprint density at radius 2 is 2.62 bits per heavy atom.